The van der Waals surface area contributed by atoms with Crippen LogP contribution in [-0.2, 0) is 16.1 Å². The minimum atomic E-state index is -0.930. The van der Waals surface area contributed by atoms with Gasteiger partial charge in [-0.2, -0.15) is 0 Å². The van der Waals surface area contributed by atoms with Gasteiger partial charge in [-0.05, 0) is 30.3 Å². The number of rotatable bonds is 5. The smallest absolute Gasteiger partial charge is 0.278 e. The van der Waals surface area contributed by atoms with Gasteiger partial charge < -0.3 is 10.6 Å². The van der Waals surface area contributed by atoms with Gasteiger partial charge in [-0.3, -0.25) is 19.0 Å². The summed E-state index contributed by atoms with van der Waals surface area (Å²) in [6.07, 6.45) is 0. The molecule has 0 fully saturated rings. The topological polar surface area (TPSA) is 93.1 Å². The van der Waals surface area contributed by atoms with Crippen molar-refractivity contribution in [1.82, 2.24) is 9.55 Å². The zero-order chi connectivity index (χ0) is 23.5. The Morgan fingerprint density at radius 3 is 2.42 bits per heavy atom. The minimum absolute atomic E-state index is 0.0406. The lowest BCUT2D eigenvalue weighted by Crippen LogP contribution is -2.30. The summed E-state index contributed by atoms with van der Waals surface area (Å²) >= 11 is 0. The summed E-state index contributed by atoms with van der Waals surface area (Å²) in [7, 11) is 0. The molecular formula is C24H18F2N4O3. The van der Waals surface area contributed by atoms with Crippen molar-refractivity contribution >= 4 is 34.2 Å². The second-order valence-electron chi connectivity index (χ2n) is 7.24. The Bertz CT molecular complexity index is 1450. The summed E-state index contributed by atoms with van der Waals surface area (Å²) in [5.74, 6) is -2.70. The standard InChI is InChI=1S/C24H18F2N4O3/c1-14(31)27-18-7-3-2-6-16(18)23-24(33)30(21-9-5-4-8-20(21)29-23)13-22(32)28-19-11-10-15(25)12-17(19)26/h2-12H,13H2,1H3,(H,27,31)(H,28,32). The van der Waals surface area contributed by atoms with Crippen molar-refractivity contribution in [1.29, 1.82) is 0 Å². The SMILES string of the molecule is CC(=O)Nc1ccccc1-c1nc2ccccc2n(CC(=O)Nc2ccc(F)cc2F)c1=O. The second-order valence-corrected chi connectivity index (χ2v) is 7.24. The molecule has 0 saturated heterocycles. The lowest BCUT2D eigenvalue weighted by molar-refractivity contribution is -0.117. The van der Waals surface area contributed by atoms with Crippen LogP contribution in [0.3, 0.4) is 0 Å². The Labute approximate surface area is 186 Å². The van der Waals surface area contributed by atoms with Crippen LogP contribution in [0.4, 0.5) is 20.2 Å². The predicted octanol–water partition coefficient (Wildman–Crippen LogP) is 3.94. The lowest BCUT2D eigenvalue weighted by Gasteiger charge is -2.14. The van der Waals surface area contributed by atoms with Crippen LogP contribution in [0.15, 0.2) is 71.5 Å². The number of halogens is 2. The maximum absolute atomic E-state index is 13.9. The zero-order valence-electron chi connectivity index (χ0n) is 17.4. The first-order chi connectivity index (χ1) is 15.8. The Hall–Kier alpha value is -4.40. The highest BCUT2D eigenvalue weighted by Crippen LogP contribution is 2.25. The van der Waals surface area contributed by atoms with E-state index in [1.165, 1.54) is 11.5 Å². The molecule has 0 radical (unpaired) electrons. The van der Waals surface area contributed by atoms with E-state index < -0.39 is 29.6 Å². The number of nitrogens with zero attached hydrogens (tertiary/aromatic N) is 2. The molecule has 9 heteroatoms. The summed E-state index contributed by atoms with van der Waals surface area (Å²) in [6, 6.07) is 16.2. The van der Waals surface area contributed by atoms with Gasteiger partial charge in [0.05, 0.1) is 22.4 Å². The van der Waals surface area contributed by atoms with E-state index in [1.807, 2.05) is 0 Å². The van der Waals surface area contributed by atoms with E-state index in [0.29, 0.717) is 28.4 Å². The van der Waals surface area contributed by atoms with Gasteiger partial charge >= 0.3 is 0 Å². The number of carbonyl (C=O) groups excluding carboxylic acids is 2. The molecular weight excluding hydrogens is 430 g/mol. The van der Waals surface area contributed by atoms with E-state index in [-0.39, 0.29) is 17.3 Å². The summed E-state index contributed by atoms with van der Waals surface area (Å²) in [4.78, 5) is 42.1. The summed E-state index contributed by atoms with van der Waals surface area (Å²) in [6.45, 7) is 0.912. The molecule has 1 heterocycles. The fourth-order valence-corrected chi connectivity index (χ4v) is 3.44. The van der Waals surface area contributed by atoms with Crippen molar-refractivity contribution < 1.29 is 18.4 Å². The summed E-state index contributed by atoms with van der Waals surface area (Å²) in [5.41, 5.74) is 0.906. The molecule has 33 heavy (non-hydrogen) atoms. The fraction of sp³-hybridized carbons (Fsp3) is 0.0833. The Balaban J connectivity index is 1.79. The molecule has 7 nitrogen and oxygen atoms in total. The molecule has 3 aromatic carbocycles. The van der Waals surface area contributed by atoms with E-state index in [4.69, 9.17) is 0 Å². The number of carbonyl (C=O) groups is 2. The van der Waals surface area contributed by atoms with E-state index in [9.17, 15) is 23.2 Å². The number of amides is 2. The molecule has 1 aromatic heterocycles. The average Bonchev–Trinajstić information content (AvgIpc) is 2.77. The van der Waals surface area contributed by atoms with Crippen LogP contribution in [0.2, 0.25) is 0 Å². The third-order valence-corrected chi connectivity index (χ3v) is 4.85. The van der Waals surface area contributed by atoms with E-state index in [1.54, 1.807) is 48.5 Å². The van der Waals surface area contributed by atoms with Gasteiger partial charge in [0.25, 0.3) is 5.56 Å². The van der Waals surface area contributed by atoms with Crippen LogP contribution in [0.1, 0.15) is 6.92 Å². The first-order valence-corrected chi connectivity index (χ1v) is 9.95. The summed E-state index contributed by atoms with van der Waals surface area (Å²) < 4.78 is 28.3. The van der Waals surface area contributed by atoms with Gasteiger partial charge in [-0.15, -0.1) is 0 Å². The molecule has 0 atom stereocenters. The molecule has 4 rings (SSSR count). The molecule has 0 aliphatic heterocycles. The molecule has 0 spiro atoms. The number of para-hydroxylation sites is 3. The van der Waals surface area contributed by atoms with Crippen molar-refractivity contribution in [2.45, 2.75) is 13.5 Å². The third kappa shape index (κ3) is 4.62. The molecule has 2 amide bonds. The fourth-order valence-electron chi connectivity index (χ4n) is 3.44. The molecule has 0 aliphatic rings. The maximum atomic E-state index is 13.9. The highest BCUT2D eigenvalue weighted by Gasteiger charge is 2.18. The lowest BCUT2D eigenvalue weighted by atomic mass is 10.1. The Morgan fingerprint density at radius 2 is 1.67 bits per heavy atom. The molecule has 2 N–H and O–H groups in total. The zero-order valence-corrected chi connectivity index (χ0v) is 17.4. The van der Waals surface area contributed by atoms with Crippen LogP contribution < -0.4 is 16.2 Å². The molecule has 0 unspecified atom stereocenters. The highest BCUT2D eigenvalue weighted by atomic mass is 19.1. The van der Waals surface area contributed by atoms with Crippen LogP contribution >= 0.6 is 0 Å². The maximum Gasteiger partial charge on any atom is 0.278 e. The first kappa shape index (κ1) is 21.8. The minimum Gasteiger partial charge on any atom is -0.326 e. The highest BCUT2D eigenvalue weighted by molar-refractivity contribution is 5.94. The number of fused-ring (bicyclic) bond motifs is 1. The normalized spacial score (nSPS) is 10.8. The van der Waals surface area contributed by atoms with Crippen LogP contribution in [0.5, 0.6) is 0 Å². The first-order valence-electron chi connectivity index (χ1n) is 9.95. The second kappa shape index (κ2) is 8.99. The monoisotopic (exact) mass is 448 g/mol. The van der Waals surface area contributed by atoms with E-state index >= 15 is 0 Å². The van der Waals surface area contributed by atoms with Gasteiger partial charge in [0.2, 0.25) is 11.8 Å². The van der Waals surface area contributed by atoms with Crippen LogP contribution in [-0.4, -0.2) is 21.4 Å². The van der Waals surface area contributed by atoms with Crippen LogP contribution in [0.25, 0.3) is 22.3 Å². The van der Waals surface area contributed by atoms with Crippen LogP contribution in [0, 0.1) is 11.6 Å². The third-order valence-electron chi connectivity index (χ3n) is 4.85. The largest absolute Gasteiger partial charge is 0.326 e. The number of hydrogen-bond acceptors (Lipinski definition) is 4. The molecule has 0 aliphatic carbocycles. The van der Waals surface area contributed by atoms with Gasteiger partial charge in [0.15, 0.2) is 0 Å². The van der Waals surface area contributed by atoms with Crippen molar-refractivity contribution in [3.8, 4) is 11.3 Å². The molecule has 0 saturated carbocycles. The average molecular weight is 448 g/mol. The van der Waals surface area contributed by atoms with Gasteiger partial charge in [-0.25, -0.2) is 13.8 Å². The molecule has 166 valence electrons. The summed E-state index contributed by atoms with van der Waals surface area (Å²) in [5, 5.41) is 5.03. The number of benzene rings is 3. The molecule has 4 aromatic rings. The van der Waals surface area contributed by atoms with E-state index in [0.717, 1.165) is 12.1 Å². The number of anilines is 2. The quantitative estimate of drug-likeness (QED) is 0.484. The van der Waals surface area contributed by atoms with Crippen molar-refractivity contribution in [2.24, 2.45) is 0 Å². The predicted molar refractivity (Wildman–Crippen MR) is 121 cm³/mol. The Kier molecular flexibility index (Phi) is 5.95. The Morgan fingerprint density at radius 1 is 0.939 bits per heavy atom. The van der Waals surface area contributed by atoms with Crippen molar-refractivity contribution in [3.63, 3.8) is 0 Å². The van der Waals surface area contributed by atoms with Crippen molar-refractivity contribution in [3.05, 3.63) is 88.7 Å². The van der Waals surface area contributed by atoms with Gasteiger partial charge in [0, 0.05) is 18.6 Å². The number of aromatic nitrogens is 2. The van der Waals surface area contributed by atoms with Crippen molar-refractivity contribution in [2.75, 3.05) is 10.6 Å². The number of nitrogens with one attached hydrogen (secondary N) is 2. The number of hydrogen-bond donors (Lipinski definition) is 2. The molecule has 0 bridgehead atoms. The van der Waals surface area contributed by atoms with Gasteiger partial charge in [0.1, 0.15) is 23.9 Å². The van der Waals surface area contributed by atoms with E-state index in [2.05, 4.69) is 15.6 Å². The van der Waals surface area contributed by atoms with Gasteiger partial charge in [-0.1, -0.05) is 30.3 Å².